The van der Waals surface area contributed by atoms with Crippen LogP contribution in [0.5, 0.6) is 5.75 Å². The molecule has 0 spiro atoms. The minimum absolute atomic E-state index is 0.0589. The SMILES string of the molecule is Cc1cccc2cc([C@@H]3C(C#N)=C(N)Oc4c3ccc3cccnc43)c(Cl)nc12. The highest BCUT2D eigenvalue weighted by molar-refractivity contribution is 6.30. The standard InChI is InChI=1S/C23H15ClN4O/c1-12-4-2-5-14-10-16(22(24)28-19(12)14)18-15-8-7-13-6-3-9-27-20(13)21(15)29-23(26)17(18)11-25/h2-10,18H,26H2,1H3/t18-/m1/s1. The fraction of sp³-hybridized carbons (Fsp3) is 0.0870. The molecule has 0 saturated carbocycles. The van der Waals surface area contributed by atoms with Gasteiger partial charge in [0.05, 0.1) is 11.4 Å². The average molecular weight is 399 g/mol. The summed E-state index contributed by atoms with van der Waals surface area (Å²) in [5.74, 6) is 0.119. The van der Waals surface area contributed by atoms with Gasteiger partial charge in [-0.1, -0.05) is 48.0 Å². The number of rotatable bonds is 1. The fourth-order valence-electron chi connectivity index (χ4n) is 3.92. The van der Waals surface area contributed by atoms with E-state index in [-0.39, 0.29) is 5.88 Å². The molecule has 0 fully saturated rings. The van der Waals surface area contributed by atoms with E-state index < -0.39 is 5.92 Å². The number of hydrogen-bond donors (Lipinski definition) is 1. The second-order valence-electron chi connectivity index (χ2n) is 7.00. The Hall–Kier alpha value is -3.62. The van der Waals surface area contributed by atoms with E-state index in [1.165, 1.54) is 0 Å². The molecule has 0 amide bonds. The van der Waals surface area contributed by atoms with Gasteiger partial charge >= 0.3 is 0 Å². The molecular weight excluding hydrogens is 384 g/mol. The second-order valence-corrected chi connectivity index (χ2v) is 7.36. The molecule has 5 nitrogen and oxygen atoms in total. The molecule has 4 aromatic rings. The third-order valence-corrected chi connectivity index (χ3v) is 5.60. The summed E-state index contributed by atoms with van der Waals surface area (Å²) < 4.78 is 5.86. The molecule has 0 bridgehead atoms. The lowest BCUT2D eigenvalue weighted by atomic mass is 9.83. The van der Waals surface area contributed by atoms with E-state index in [4.69, 9.17) is 22.1 Å². The molecule has 1 aliphatic rings. The molecule has 1 aliphatic heterocycles. The lowest BCUT2D eigenvalue weighted by Gasteiger charge is -2.27. The van der Waals surface area contributed by atoms with Crippen LogP contribution in [0.3, 0.4) is 0 Å². The number of aryl methyl sites for hydroxylation is 1. The topological polar surface area (TPSA) is 84.8 Å². The Morgan fingerprint density at radius 1 is 1.07 bits per heavy atom. The first-order valence-electron chi connectivity index (χ1n) is 9.09. The number of hydrogen-bond acceptors (Lipinski definition) is 5. The number of ether oxygens (including phenoxy) is 1. The van der Waals surface area contributed by atoms with E-state index in [2.05, 4.69) is 16.0 Å². The van der Waals surface area contributed by atoms with Crippen LogP contribution >= 0.6 is 11.6 Å². The van der Waals surface area contributed by atoms with Crippen LogP contribution in [0, 0.1) is 18.3 Å². The van der Waals surface area contributed by atoms with Gasteiger partial charge in [-0.15, -0.1) is 0 Å². The van der Waals surface area contributed by atoms with Crippen LogP contribution in [0.2, 0.25) is 5.15 Å². The highest BCUT2D eigenvalue weighted by atomic mass is 35.5. The lowest BCUT2D eigenvalue weighted by Crippen LogP contribution is -2.21. The van der Waals surface area contributed by atoms with E-state index in [0.29, 0.717) is 27.6 Å². The quantitative estimate of drug-likeness (QED) is 0.458. The zero-order valence-corrected chi connectivity index (χ0v) is 16.2. The predicted molar refractivity (Wildman–Crippen MR) is 113 cm³/mol. The third kappa shape index (κ3) is 2.61. The predicted octanol–water partition coefficient (Wildman–Crippen LogP) is 4.96. The molecule has 0 aliphatic carbocycles. The van der Waals surface area contributed by atoms with Gasteiger partial charge in [0.2, 0.25) is 5.88 Å². The summed E-state index contributed by atoms with van der Waals surface area (Å²) in [6.45, 7) is 1.99. The first kappa shape index (κ1) is 17.5. The molecular formula is C23H15ClN4O. The molecule has 2 aromatic heterocycles. The number of pyridine rings is 2. The highest BCUT2D eigenvalue weighted by Crippen LogP contribution is 2.46. The molecule has 3 heterocycles. The van der Waals surface area contributed by atoms with Gasteiger partial charge in [-0.05, 0) is 24.6 Å². The summed E-state index contributed by atoms with van der Waals surface area (Å²) in [6.07, 6.45) is 1.70. The number of para-hydroxylation sites is 1. The largest absolute Gasteiger partial charge is 0.438 e. The van der Waals surface area contributed by atoms with Crippen molar-refractivity contribution in [2.24, 2.45) is 5.73 Å². The minimum Gasteiger partial charge on any atom is -0.438 e. The Balaban J connectivity index is 1.83. The van der Waals surface area contributed by atoms with Crippen LogP contribution < -0.4 is 10.5 Å². The van der Waals surface area contributed by atoms with Gasteiger partial charge in [0.25, 0.3) is 0 Å². The Kier molecular flexibility index (Phi) is 3.90. The van der Waals surface area contributed by atoms with Crippen molar-refractivity contribution in [1.29, 1.82) is 5.26 Å². The maximum atomic E-state index is 9.83. The first-order chi connectivity index (χ1) is 14.1. The number of nitriles is 1. The van der Waals surface area contributed by atoms with Gasteiger partial charge in [-0.3, -0.25) is 4.98 Å². The summed E-state index contributed by atoms with van der Waals surface area (Å²) in [4.78, 5) is 9.07. The van der Waals surface area contributed by atoms with Crippen molar-refractivity contribution in [3.8, 4) is 11.8 Å². The monoisotopic (exact) mass is 398 g/mol. The second kappa shape index (κ2) is 6.47. The zero-order chi connectivity index (χ0) is 20.1. The van der Waals surface area contributed by atoms with Crippen molar-refractivity contribution < 1.29 is 4.74 Å². The van der Waals surface area contributed by atoms with Gasteiger partial charge in [-0.2, -0.15) is 5.26 Å². The number of aromatic nitrogens is 2. The van der Waals surface area contributed by atoms with Gasteiger partial charge in [0.1, 0.15) is 22.3 Å². The first-order valence-corrected chi connectivity index (χ1v) is 9.47. The Morgan fingerprint density at radius 2 is 1.90 bits per heavy atom. The number of nitrogens with zero attached hydrogens (tertiary/aromatic N) is 3. The lowest BCUT2D eigenvalue weighted by molar-refractivity contribution is 0.397. The van der Waals surface area contributed by atoms with Crippen molar-refractivity contribution >= 4 is 33.4 Å². The van der Waals surface area contributed by atoms with Gasteiger partial charge in [0.15, 0.2) is 5.75 Å². The van der Waals surface area contributed by atoms with E-state index in [1.54, 1.807) is 6.20 Å². The van der Waals surface area contributed by atoms with E-state index in [1.807, 2.05) is 55.5 Å². The molecule has 0 unspecified atom stereocenters. The molecule has 0 saturated heterocycles. The summed E-state index contributed by atoms with van der Waals surface area (Å²) in [5.41, 5.74) is 10.5. The number of nitrogens with two attached hydrogens (primary N) is 1. The summed E-state index contributed by atoms with van der Waals surface area (Å²) in [5, 5.41) is 12.1. The van der Waals surface area contributed by atoms with Crippen molar-refractivity contribution in [3.63, 3.8) is 0 Å². The van der Waals surface area contributed by atoms with Crippen molar-refractivity contribution in [1.82, 2.24) is 9.97 Å². The summed E-state index contributed by atoms with van der Waals surface area (Å²) in [7, 11) is 0. The Labute approximate surface area is 172 Å². The molecule has 0 radical (unpaired) electrons. The molecule has 2 aromatic carbocycles. The average Bonchev–Trinajstić information content (AvgIpc) is 2.73. The normalized spacial score (nSPS) is 15.8. The zero-order valence-electron chi connectivity index (χ0n) is 15.5. The van der Waals surface area contributed by atoms with Crippen LogP contribution in [0.4, 0.5) is 0 Å². The minimum atomic E-state index is -0.486. The molecule has 5 rings (SSSR count). The van der Waals surface area contributed by atoms with Gasteiger partial charge in [-0.25, -0.2) is 4.98 Å². The van der Waals surface area contributed by atoms with Gasteiger partial charge in [0, 0.05) is 28.1 Å². The highest BCUT2D eigenvalue weighted by Gasteiger charge is 2.34. The van der Waals surface area contributed by atoms with E-state index in [0.717, 1.165) is 27.4 Å². The van der Waals surface area contributed by atoms with Crippen LogP contribution in [0.25, 0.3) is 21.8 Å². The third-order valence-electron chi connectivity index (χ3n) is 5.30. The molecule has 6 heteroatoms. The Bertz CT molecular complexity index is 1390. The molecule has 140 valence electrons. The number of fused-ring (bicyclic) bond motifs is 4. The Morgan fingerprint density at radius 3 is 2.72 bits per heavy atom. The maximum absolute atomic E-state index is 9.83. The number of allylic oxidation sites excluding steroid dienone is 1. The number of benzene rings is 2. The summed E-state index contributed by atoms with van der Waals surface area (Å²) in [6, 6.07) is 17.8. The van der Waals surface area contributed by atoms with E-state index in [9.17, 15) is 5.26 Å². The number of halogens is 1. The van der Waals surface area contributed by atoms with Crippen LogP contribution in [-0.2, 0) is 0 Å². The van der Waals surface area contributed by atoms with Crippen LogP contribution in [-0.4, -0.2) is 9.97 Å². The molecule has 29 heavy (non-hydrogen) atoms. The summed E-state index contributed by atoms with van der Waals surface area (Å²) >= 11 is 6.62. The van der Waals surface area contributed by atoms with Crippen molar-refractivity contribution in [2.45, 2.75) is 12.8 Å². The van der Waals surface area contributed by atoms with Crippen LogP contribution in [0.1, 0.15) is 22.6 Å². The molecule has 1 atom stereocenters. The van der Waals surface area contributed by atoms with E-state index >= 15 is 0 Å². The van der Waals surface area contributed by atoms with Crippen molar-refractivity contribution in [2.75, 3.05) is 0 Å². The molecule has 2 N–H and O–H groups in total. The van der Waals surface area contributed by atoms with Crippen LogP contribution in [0.15, 0.2) is 66.2 Å². The maximum Gasteiger partial charge on any atom is 0.205 e. The fourth-order valence-corrected chi connectivity index (χ4v) is 4.17. The van der Waals surface area contributed by atoms with Gasteiger partial charge < -0.3 is 10.5 Å². The van der Waals surface area contributed by atoms with Crippen molar-refractivity contribution in [3.05, 3.63) is 88.0 Å². The smallest absolute Gasteiger partial charge is 0.205 e.